The second kappa shape index (κ2) is 7.43. The topological polar surface area (TPSA) is 55.0 Å². The van der Waals surface area contributed by atoms with E-state index in [4.69, 9.17) is 4.74 Å². The lowest BCUT2D eigenvalue weighted by molar-refractivity contribution is 0.0631. The van der Waals surface area contributed by atoms with Gasteiger partial charge in [0.2, 0.25) is 0 Å². The third kappa shape index (κ3) is 5.36. The highest BCUT2D eigenvalue weighted by Gasteiger charge is 2.04. The normalized spacial score (nSPS) is 11.0. The molecule has 0 saturated heterocycles. The fraction of sp³-hybridized carbons (Fsp3) is 0.375. The van der Waals surface area contributed by atoms with E-state index in [1.807, 2.05) is 13.8 Å². The molecular weight excluding hydrogens is 284 g/mol. The molecule has 5 heteroatoms. The van der Waals surface area contributed by atoms with Crippen LogP contribution in [-0.4, -0.2) is 16.1 Å². The van der Waals surface area contributed by atoms with E-state index in [9.17, 15) is 4.79 Å². The molecule has 0 aliphatic heterocycles. The summed E-state index contributed by atoms with van der Waals surface area (Å²) in [7, 11) is 0. The molecule has 0 amide bonds. The molecule has 1 aromatic heterocycles. The van der Waals surface area contributed by atoms with Crippen LogP contribution in [0.5, 0.6) is 0 Å². The SMILES string of the molecule is Cc1ccc(CSc2nc(COC(C)C)cc(=O)[nH]2)cc1. The maximum Gasteiger partial charge on any atom is 0.251 e. The third-order valence-electron chi connectivity index (χ3n) is 2.83. The van der Waals surface area contributed by atoms with Gasteiger partial charge in [0, 0.05) is 11.8 Å². The molecule has 1 heterocycles. The molecule has 2 aromatic rings. The van der Waals surface area contributed by atoms with Gasteiger partial charge < -0.3 is 9.72 Å². The second-order valence-corrected chi connectivity index (χ2v) is 6.14. The highest BCUT2D eigenvalue weighted by atomic mass is 32.2. The minimum Gasteiger partial charge on any atom is -0.373 e. The smallest absolute Gasteiger partial charge is 0.251 e. The lowest BCUT2D eigenvalue weighted by Crippen LogP contribution is -2.12. The van der Waals surface area contributed by atoms with E-state index in [1.165, 1.54) is 29.0 Å². The van der Waals surface area contributed by atoms with Crippen molar-refractivity contribution in [3.8, 4) is 0 Å². The van der Waals surface area contributed by atoms with E-state index in [-0.39, 0.29) is 11.7 Å². The van der Waals surface area contributed by atoms with Crippen LogP contribution in [0.2, 0.25) is 0 Å². The van der Waals surface area contributed by atoms with Crippen molar-refractivity contribution in [2.45, 2.75) is 44.4 Å². The molecule has 0 aliphatic carbocycles. The van der Waals surface area contributed by atoms with Crippen molar-refractivity contribution in [2.75, 3.05) is 0 Å². The molecule has 1 N–H and O–H groups in total. The minimum absolute atomic E-state index is 0.120. The number of nitrogens with zero attached hydrogens (tertiary/aromatic N) is 1. The fourth-order valence-corrected chi connectivity index (χ4v) is 2.56. The molecule has 0 atom stereocenters. The fourth-order valence-electron chi connectivity index (χ4n) is 1.71. The minimum atomic E-state index is -0.140. The third-order valence-corrected chi connectivity index (χ3v) is 3.78. The number of ether oxygens (including phenoxy) is 1. The zero-order chi connectivity index (χ0) is 15.2. The first-order valence-corrected chi connectivity index (χ1v) is 7.91. The number of nitrogens with one attached hydrogen (secondary N) is 1. The Balaban J connectivity index is 2.02. The first kappa shape index (κ1) is 15.8. The maximum atomic E-state index is 11.6. The van der Waals surface area contributed by atoms with Crippen LogP contribution in [0.15, 0.2) is 40.3 Å². The molecule has 0 saturated carbocycles. The van der Waals surface area contributed by atoms with Gasteiger partial charge in [-0.2, -0.15) is 0 Å². The Morgan fingerprint density at radius 1 is 1.29 bits per heavy atom. The van der Waals surface area contributed by atoms with E-state index in [1.54, 1.807) is 0 Å². The maximum absolute atomic E-state index is 11.6. The largest absolute Gasteiger partial charge is 0.373 e. The summed E-state index contributed by atoms with van der Waals surface area (Å²) in [6.45, 7) is 6.34. The molecule has 0 bridgehead atoms. The number of rotatable bonds is 6. The monoisotopic (exact) mass is 304 g/mol. The molecule has 0 radical (unpaired) electrons. The van der Waals surface area contributed by atoms with Crippen molar-refractivity contribution < 1.29 is 4.74 Å². The average Bonchev–Trinajstić information content (AvgIpc) is 2.44. The van der Waals surface area contributed by atoms with Gasteiger partial charge in [-0.3, -0.25) is 4.79 Å². The van der Waals surface area contributed by atoms with Gasteiger partial charge in [-0.15, -0.1) is 0 Å². The lowest BCUT2D eigenvalue weighted by atomic mass is 10.2. The molecule has 0 spiro atoms. The van der Waals surface area contributed by atoms with Crippen molar-refractivity contribution in [3.63, 3.8) is 0 Å². The van der Waals surface area contributed by atoms with Crippen LogP contribution in [-0.2, 0) is 17.1 Å². The Morgan fingerprint density at radius 2 is 2.00 bits per heavy atom. The van der Waals surface area contributed by atoms with Crippen LogP contribution in [0.25, 0.3) is 0 Å². The molecule has 0 fully saturated rings. The number of benzene rings is 1. The summed E-state index contributed by atoms with van der Waals surface area (Å²) in [4.78, 5) is 18.8. The quantitative estimate of drug-likeness (QED) is 0.657. The summed E-state index contributed by atoms with van der Waals surface area (Å²) in [6, 6.07) is 9.83. The molecule has 0 aliphatic rings. The molecule has 1 aromatic carbocycles. The van der Waals surface area contributed by atoms with Crippen LogP contribution < -0.4 is 5.56 Å². The Morgan fingerprint density at radius 3 is 2.67 bits per heavy atom. The lowest BCUT2D eigenvalue weighted by Gasteiger charge is -2.08. The molecule has 4 nitrogen and oxygen atoms in total. The van der Waals surface area contributed by atoms with E-state index in [0.29, 0.717) is 17.5 Å². The van der Waals surface area contributed by atoms with Gasteiger partial charge in [0.1, 0.15) is 0 Å². The predicted molar refractivity (Wildman–Crippen MR) is 85.5 cm³/mol. The van der Waals surface area contributed by atoms with Crippen LogP contribution in [0.3, 0.4) is 0 Å². The Kier molecular flexibility index (Phi) is 5.59. The van der Waals surface area contributed by atoms with Crippen LogP contribution in [0.1, 0.15) is 30.7 Å². The summed E-state index contributed by atoms with van der Waals surface area (Å²) in [5, 5.41) is 0.630. The number of hydrogen-bond acceptors (Lipinski definition) is 4. The van der Waals surface area contributed by atoms with Gasteiger partial charge in [-0.05, 0) is 26.3 Å². The van der Waals surface area contributed by atoms with E-state index < -0.39 is 0 Å². The number of aromatic amines is 1. The van der Waals surface area contributed by atoms with E-state index in [0.717, 1.165) is 5.75 Å². The Labute approximate surface area is 129 Å². The van der Waals surface area contributed by atoms with Crippen LogP contribution in [0.4, 0.5) is 0 Å². The van der Waals surface area contributed by atoms with Crippen LogP contribution >= 0.6 is 11.8 Å². The van der Waals surface area contributed by atoms with Crippen LogP contribution in [0, 0.1) is 6.92 Å². The van der Waals surface area contributed by atoms with E-state index >= 15 is 0 Å². The van der Waals surface area contributed by atoms with Crippen molar-refractivity contribution in [1.29, 1.82) is 0 Å². The number of hydrogen-bond donors (Lipinski definition) is 1. The number of thioether (sulfide) groups is 1. The predicted octanol–water partition coefficient (Wildman–Crippen LogP) is 3.30. The molecule has 2 rings (SSSR count). The number of aromatic nitrogens is 2. The number of aryl methyl sites for hydroxylation is 1. The first-order valence-electron chi connectivity index (χ1n) is 6.93. The first-order chi connectivity index (χ1) is 10.0. The summed E-state index contributed by atoms with van der Waals surface area (Å²) in [5.74, 6) is 0.776. The van der Waals surface area contributed by atoms with Gasteiger partial charge in [-0.25, -0.2) is 4.98 Å². The van der Waals surface area contributed by atoms with Gasteiger partial charge in [0.25, 0.3) is 5.56 Å². The summed E-state index contributed by atoms with van der Waals surface area (Å²) < 4.78 is 5.49. The van der Waals surface area contributed by atoms with Crippen molar-refractivity contribution >= 4 is 11.8 Å². The molecular formula is C16H20N2O2S. The Bertz CT molecular complexity index is 635. The summed E-state index contributed by atoms with van der Waals surface area (Å²) >= 11 is 1.52. The van der Waals surface area contributed by atoms with Gasteiger partial charge in [-0.1, -0.05) is 41.6 Å². The molecule has 0 unspecified atom stereocenters. The second-order valence-electron chi connectivity index (χ2n) is 5.18. The molecule has 112 valence electrons. The molecule has 21 heavy (non-hydrogen) atoms. The number of H-pyrrole nitrogens is 1. The van der Waals surface area contributed by atoms with Crippen molar-refractivity contribution in [3.05, 3.63) is 57.5 Å². The van der Waals surface area contributed by atoms with Crippen molar-refractivity contribution in [1.82, 2.24) is 9.97 Å². The summed E-state index contributed by atoms with van der Waals surface area (Å²) in [5.41, 5.74) is 2.97. The average molecular weight is 304 g/mol. The van der Waals surface area contributed by atoms with Gasteiger partial charge in [0.15, 0.2) is 5.16 Å². The highest BCUT2D eigenvalue weighted by molar-refractivity contribution is 7.98. The van der Waals surface area contributed by atoms with Gasteiger partial charge in [0.05, 0.1) is 18.4 Å². The van der Waals surface area contributed by atoms with Crippen molar-refractivity contribution in [2.24, 2.45) is 0 Å². The Hall–Kier alpha value is -1.59. The van der Waals surface area contributed by atoms with E-state index in [2.05, 4.69) is 41.2 Å². The zero-order valence-electron chi connectivity index (χ0n) is 12.6. The standard InChI is InChI=1S/C16H20N2O2S/c1-11(2)20-9-14-8-15(19)18-16(17-14)21-10-13-6-4-12(3)5-7-13/h4-8,11H,9-10H2,1-3H3,(H,17,18,19). The summed E-state index contributed by atoms with van der Waals surface area (Å²) in [6.07, 6.45) is 0.120. The highest BCUT2D eigenvalue weighted by Crippen LogP contribution is 2.18. The van der Waals surface area contributed by atoms with Gasteiger partial charge >= 0.3 is 0 Å². The zero-order valence-corrected chi connectivity index (χ0v) is 13.4.